The number of rotatable bonds is 11. The first-order chi connectivity index (χ1) is 9.33. The minimum absolute atomic E-state index is 0.501. The Morgan fingerprint density at radius 3 is 2.16 bits per heavy atom. The maximum absolute atomic E-state index is 5.44. The van der Waals surface area contributed by atoms with Crippen LogP contribution in [0.2, 0.25) is 0 Å². The Balaban J connectivity index is 1.87. The molecule has 0 saturated heterocycles. The van der Waals surface area contributed by atoms with Gasteiger partial charge in [-0.25, -0.2) is 0 Å². The van der Waals surface area contributed by atoms with Gasteiger partial charge in [0.2, 0.25) is 0 Å². The molecular weight excluding hydrogens is 314 g/mol. The van der Waals surface area contributed by atoms with Crippen LogP contribution in [0.15, 0.2) is 22.8 Å². The Morgan fingerprint density at radius 2 is 1.58 bits per heavy atom. The number of ether oxygens (including phenoxy) is 4. The minimum atomic E-state index is 0.501. The number of pyridine rings is 1. The third-order valence-electron chi connectivity index (χ3n) is 2.21. The predicted octanol–water partition coefficient (Wildman–Crippen LogP) is 2.04. The average Bonchev–Trinajstić information content (AvgIpc) is 2.43. The van der Waals surface area contributed by atoms with E-state index in [1.807, 2.05) is 12.1 Å². The fourth-order valence-corrected chi connectivity index (χ4v) is 1.49. The summed E-state index contributed by atoms with van der Waals surface area (Å²) < 4.78 is 21.9. The van der Waals surface area contributed by atoms with Crippen LogP contribution < -0.4 is 0 Å². The first-order valence-electron chi connectivity index (χ1n) is 6.15. The molecule has 0 radical (unpaired) electrons. The largest absolute Gasteiger partial charge is 0.382 e. The quantitative estimate of drug-likeness (QED) is 0.580. The van der Waals surface area contributed by atoms with E-state index in [1.165, 1.54) is 0 Å². The van der Waals surface area contributed by atoms with Crippen LogP contribution in [0.3, 0.4) is 0 Å². The van der Waals surface area contributed by atoms with Crippen molar-refractivity contribution in [2.24, 2.45) is 0 Å². The topological polar surface area (TPSA) is 49.8 Å². The first kappa shape index (κ1) is 16.5. The van der Waals surface area contributed by atoms with Crippen molar-refractivity contribution in [1.82, 2.24) is 4.98 Å². The molecule has 0 spiro atoms. The zero-order valence-corrected chi connectivity index (χ0v) is 12.7. The molecule has 0 bridgehead atoms. The van der Waals surface area contributed by atoms with E-state index in [1.54, 1.807) is 13.3 Å². The molecule has 0 saturated carbocycles. The summed E-state index contributed by atoms with van der Waals surface area (Å²) in [6, 6.07) is 3.87. The van der Waals surface area contributed by atoms with Gasteiger partial charge >= 0.3 is 0 Å². The van der Waals surface area contributed by atoms with Gasteiger partial charge in [0.05, 0.1) is 51.9 Å². The lowest BCUT2D eigenvalue weighted by atomic mass is 10.4. The van der Waals surface area contributed by atoms with Crippen LogP contribution >= 0.6 is 15.9 Å². The molecule has 19 heavy (non-hydrogen) atoms. The van der Waals surface area contributed by atoms with Gasteiger partial charge < -0.3 is 18.9 Å². The summed E-state index contributed by atoms with van der Waals surface area (Å²) in [6.45, 7) is 3.98. The minimum Gasteiger partial charge on any atom is -0.382 e. The van der Waals surface area contributed by atoms with Crippen molar-refractivity contribution in [1.29, 1.82) is 0 Å². The highest BCUT2D eigenvalue weighted by Gasteiger charge is 1.95. The fraction of sp³-hybridized carbons (Fsp3) is 0.615. The van der Waals surface area contributed by atoms with Crippen molar-refractivity contribution in [2.45, 2.75) is 6.61 Å². The molecule has 0 fully saturated rings. The summed E-state index contributed by atoms with van der Waals surface area (Å²) in [7, 11) is 1.65. The van der Waals surface area contributed by atoms with Crippen molar-refractivity contribution in [3.05, 3.63) is 28.5 Å². The van der Waals surface area contributed by atoms with Gasteiger partial charge in [0.25, 0.3) is 0 Å². The van der Waals surface area contributed by atoms with E-state index < -0.39 is 0 Å². The van der Waals surface area contributed by atoms with Crippen LogP contribution in [0.4, 0.5) is 0 Å². The zero-order chi connectivity index (χ0) is 13.8. The van der Waals surface area contributed by atoms with Crippen LogP contribution in [0.5, 0.6) is 0 Å². The Labute approximate surface area is 122 Å². The number of nitrogens with zero attached hydrogens (tertiary/aromatic N) is 1. The third-order valence-corrected chi connectivity index (χ3v) is 2.68. The molecule has 5 nitrogen and oxygen atoms in total. The second-order valence-electron chi connectivity index (χ2n) is 3.74. The maximum Gasteiger partial charge on any atom is 0.0889 e. The second-order valence-corrected chi connectivity index (χ2v) is 4.65. The molecule has 1 aromatic heterocycles. The highest BCUT2D eigenvalue weighted by Crippen LogP contribution is 2.07. The van der Waals surface area contributed by atoms with E-state index in [4.69, 9.17) is 18.9 Å². The Kier molecular flexibility index (Phi) is 9.84. The van der Waals surface area contributed by atoms with Crippen molar-refractivity contribution in [2.75, 3.05) is 46.8 Å². The lowest BCUT2D eigenvalue weighted by molar-refractivity contribution is 0.000466. The Morgan fingerprint density at radius 1 is 0.947 bits per heavy atom. The highest BCUT2D eigenvalue weighted by molar-refractivity contribution is 9.10. The van der Waals surface area contributed by atoms with Gasteiger partial charge in [0.1, 0.15) is 0 Å². The monoisotopic (exact) mass is 333 g/mol. The summed E-state index contributed by atoms with van der Waals surface area (Å²) in [5.74, 6) is 0. The number of hydrogen-bond acceptors (Lipinski definition) is 5. The molecule has 0 aliphatic rings. The summed E-state index contributed by atoms with van der Waals surface area (Å²) in [4.78, 5) is 4.21. The average molecular weight is 334 g/mol. The number of methoxy groups -OCH3 is 1. The van der Waals surface area contributed by atoms with Gasteiger partial charge in [-0.3, -0.25) is 4.98 Å². The molecule has 0 aliphatic heterocycles. The molecule has 0 unspecified atom stereocenters. The summed E-state index contributed by atoms with van der Waals surface area (Å²) in [6.07, 6.45) is 1.76. The zero-order valence-electron chi connectivity index (χ0n) is 11.1. The molecule has 6 heteroatoms. The Bertz CT molecular complexity index is 321. The second kappa shape index (κ2) is 11.3. The van der Waals surface area contributed by atoms with Crippen molar-refractivity contribution >= 4 is 15.9 Å². The van der Waals surface area contributed by atoms with E-state index in [0.717, 1.165) is 10.2 Å². The lowest BCUT2D eigenvalue weighted by Crippen LogP contribution is -2.11. The molecular formula is C13H20BrNO4. The van der Waals surface area contributed by atoms with E-state index in [9.17, 15) is 0 Å². The molecule has 1 rings (SSSR count). The summed E-state index contributed by atoms with van der Waals surface area (Å²) in [5.41, 5.74) is 0.908. The van der Waals surface area contributed by atoms with E-state index in [0.29, 0.717) is 46.2 Å². The van der Waals surface area contributed by atoms with E-state index in [2.05, 4.69) is 20.9 Å². The normalized spacial score (nSPS) is 10.8. The molecule has 1 heterocycles. The first-order valence-corrected chi connectivity index (χ1v) is 6.95. The van der Waals surface area contributed by atoms with Gasteiger partial charge in [-0.1, -0.05) is 0 Å². The number of hydrogen-bond donors (Lipinski definition) is 0. The lowest BCUT2D eigenvalue weighted by Gasteiger charge is -2.06. The third kappa shape index (κ3) is 9.07. The van der Waals surface area contributed by atoms with Crippen LogP contribution in [-0.2, 0) is 25.6 Å². The van der Waals surface area contributed by atoms with Crippen LogP contribution in [-0.4, -0.2) is 51.7 Å². The SMILES string of the molecule is COCCOCCOCCOCc1ccc(Br)cn1. The van der Waals surface area contributed by atoms with Crippen LogP contribution in [0.1, 0.15) is 5.69 Å². The molecule has 0 aromatic carbocycles. The van der Waals surface area contributed by atoms with Crippen LogP contribution in [0, 0.1) is 0 Å². The number of aromatic nitrogens is 1. The van der Waals surface area contributed by atoms with E-state index >= 15 is 0 Å². The molecule has 0 aliphatic carbocycles. The Hall–Kier alpha value is -0.530. The van der Waals surface area contributed by atoms with Gasteiger partial charge in [-0.05, 0) is 28.1 Å². The molecule has 0 N–H and O–H groups in total. The predicted molar refractivity (Wildman–Crippen MR) is 75.1 cm³/mol. The highest BCUT2D eigenvalue weighted by atomic mass is 79.9. The van der Waals surface area contributed by atoms with Gasteiger partial charge in [-0.15, -0.1) is 0 Å². The van der Waals surface area contributed by atoms with Crippen LogP contribution in [0.25, 0.3) is 0 Å². The van der Waals surface area contributed by atoms with Crippen molar-refractivity contribution < 1.29 is 18.9 Å². The van der Waals surface area contributed by atoms with Gasteiger partial charge in [0.15, 0.2) is 0 Å². The smallest absolute Gasteiger partial charge is 0.0889 e. The van der Waals surface area contributed by atoms with Gasteiger partial charge in [0, 0.05) is 17.8 Å². The molecule has 0 amide bonds. The molecule has 0 atom stereocenters. The summed E-state index contributed by atoms with van der Waals surface area (Å²) in [5, 5.41) is 0. The van der Waals surface area contributed by atoms with E-state index in [-0.39, 0.29) is 0 Å². The fourth-order valence-electron chi connectivity index (χ4n) is 1.25. The maximum atomic E-state index is 5.44. The van der Waals surface area contributed by atoms with Crippen molar-refractivity contribution in [3.8, 4) is 0 Å². The van der Waals surface area contributed by atoms with Crippen molar-refractivity contribution in [3.63, 3.8) is 0 Å². The molecule has 1 aromatic rings. The molecule has 108 valence electrons. The standard InChI is InChI=1S/C13H20BrNO4/c1-16-4-5-17-6-7-18-8-9-19-11-13-3-2-12(14)10-15-13/h2-3,10H,4-9,11H2,1H3. The summed E-state index contributed by atoms with van der Waals surface area (Å²) >= 11 is 3.34. The number of halogens is 1. The van der Waals surface area contributed by atoms with Gasteiger partial charge in [-0.2, -0.15) is 0 Å².